The topological polar surface area (TPSA) is 178 Å². The van der Waals surface area contributed by atoms with Gasteiger partial charge >= 0.3 is 11.9 Å². The van der Waals surface area contributed by atoms with Gasteiger partial charge in [0.05, 0.1) is 37.6 Å². The predicted octanol–water partition coefficient (Wildman–Crippen LogP) is 4.76. The van der Waals surface area contributed by atoms with Gasteiger partial charge in [-0.3, -0.25) is 10.2 Å². The highest BCUT2D eigenvalue weighted by Gasteiger charge is 2.60. The van der Waals surface area contributed by atoms with E-state index in [0.29, 0.717) is 64.5 Å². The van der Waals surface area contributed by atoms with Gasteiger partial charge in [0.1, 0.15) is 18.6 Å². The van der Waals surface area contributed by atoms with Crippen molar-refractivity contribution in [3.63, 3.8) is 0 Å². The Labute approximate surface area is 350 Å². The standard InChI is InChI=1S/C45H45N3O11S/c1-21-14-25-15-27-43(52)48-28-18-56-44(53)45(26-17-30(54-3)29(49)16-24(26)12-13-46-45)19-60-42(36(48)35(47-27)32(25)37(51)38(21)55-4)34-33(28)41-40(57-20-58-41)22(2)39(34)59-31(50)11-10-23-8-6-5-7-9-23/h5-11,14,16-17,27-28,35-36,42-43,46-47,49,51-52H,12-13,15,18-20H2,1-4H3/t27-,28-,35+,36?,42+,43-,45+/m0/s1. The van der Waals surface area contributed by atoms with Crippen molar-refractivity contribution in [2.24, 2.45) is 0 Å². The summed E-state index contributed by atoms with van der Waals surface area (Å²) in [6, 6.07) is 12.3. The Bertz CT molecular complexity index is 2480. The number of nitrogens with zero attached hydrogens (tertiary/aromatic N) is 1. The molecule has 4 aromatic carbocycles. The maximum absolute atomic E-state index is 14.8. The molecule has 7 aliphatic rings. The number of phenols is 2. The zero-order valence-corrected chi connectivity index (χ0v) is 34.3. The lowest BCUT2D eigenvalue weighted by molar-refractivity contribution is -0.164. The first-order chi connectivity index (χ1) is 29.0. The van der Waals surface area contributed by atoms with Gasteiger partial charge < -0.3 is 49.1 Å². The number of aromatic hydroxyl groups is 2. The molecule has 4 aromatic rings. The van der Waals surface area contributed by atoms with Gasteiger partial charge in [0.25, 0.3) is 0 Å². The van der Waals surface area contributed by atoms with Crippen LogP contribution in [0.25, 0.3) is 6.08 Å². The molecule has 312 valence electrons. The lowest BCUT2D eigenvalue weighted by Gasteiger charge is -2.59. The fraction of sp³-hybridized carbons (Fsp3) is 0.378. The molecular weight excluding hydrogens is 791 g/mol. The third kappa shape index (κ3) is 5.77. The minimum Gasteiger partial charge on any atom is -0.504 e. The van der Waals surface area contributed by atoms with Crippen molar-refractivity contribution in [2.45, 2.75) is 67.9 Å². The van der Waals surface area contributed by atoms with E-state index in [9.17, 15) is 24.9 Å². The lowest BCUT2D eigenvalue weighted by atomic mass is 9.74. The summed E-state index contributed by atoms with van der Waals surface area (Å²) in [5.41, 5.74) is 4.91. The number of piperazine rings is 1. The van der Waals surface area contributed by atoms with E-state index in [0.717, 1.165) is 22.3 Å². The number of aliphatic hydroxyl groups excluding tert-OH is 1. The average Bonchev–Trinajstić information content (AvgIpc) is 3.74. The first-order valence-corrected chi connectivity index (χ1v) is 21.1. The van der Waals surface area contributed by atoms with Crippen LogP contribution >= 0.6 is 11.8 Å². The monoisotopic (exact) mass is 835 g/mol. The van der Waals surface area contributed by atoms with E-state index in [1.807, 2.05) is 55.1 Å². The normalized spacial score (nSPS) is 27.4. The molecule has 11 rings (SSSR count). The molecular formula is C45H45N3O11S. The van der Waals surface area contributed by atoms with Crippen LogP contribution in [0.1, 0.15) is 67.4 Å². The maximum Gasteiger partial charge on any atom is 0.336 e. The summed E-state index contributed by atoms with van der Waals surface area (Å²) in [5.74, 6) is 0.640. The largest absolute Gasteiger partial charge is 0.504 e. The molecule has 15 heteroatoms. The summed E-state index contributed by atoms with van der Waals surface area (Å²) in [6.45, 7) is 3.82. The number of aryl methyl sites for hydroxylation is 1. The van der Waals surface area contributed by atoms with Crippen molar-refractivity contribution < 1.29 is 53.3 Å². The summed E-state index contributed by atoms with van der Waals surface area (Å²) >= 11 is 1.44. The van der Waals surface area contributed by atoms with E-state index in [4.69, 9.17) is 28.4 Å². The number of hydrogen-bond donors (Lipinski definition) is 5. The lowest BCUT2D eigenvalue weighted by Crippen LogP contribution is -2.69. The number of ether oxygens (including phenoxy) is 6. The number of nitrogens with one attached hydrogen (secondary N) is 2. The molecule has 4 bridgehead atoms. The van der Waals surface area contributed by atoms with Gasteiger partial charge in [0.2, 0.25) is 6.79 Å². The second-order valence-corrected chi connectivity index (χ2v) is 17.2. The zero-order chi connectivity index (χ0) is 41.6. The third-order valence-electron chi connectivity index (χ3n) is 12.9. The summed E-state index contributed by atoms with van der Waals surface area (Å²) < 4.78 is 36.5. The van der Waals surface area contributed by atoms with Crippen molar-refractivity contribution in [1.29, 1.82) is 0 Å². The number of aliphatic hydroxyl groups is 1. The molecule has 0 saturated carbocycles. The Hall–Kier alpha value is -5.45. The van der Waals surface area contributed by atoms with E-state index in [2.05, 4.69) is 10.6 Å². The van der Waals surface area contributed by atoms with E-state index >= 15 is 0 Å². The molecule has 0 aliphatic carbocycles. The van der Waals surface area contributed by atoms with Crippen LogP contribution in [-0.2, 0) is 32.7 Å². The highest BCUT2D eigenvalue weighted by Crippen LogP contribution is 2.63. The summed E-state index contributed by atoms with van der Waals surface area (Å²) in [5, 5.41) is 41.9. The maximum atomic E-state index is 14.8. The fourth-order valence-corrected chi connectivity index (χ4v) is 12.0. The number of methoxy groups -OCH3 is 2. The Morgan fingerprint density at radius 3 is 2.57 bits per heavy atom. The van der Waals surface area contributed by atoms with E-state index in [-0.39, 0.29) is 42.2 Å². The van der Waals surface area contributed by atoms with Crippen LogP contribution < -0.4 is 34.3 Å². The van der Waals surface area contributed by atoms with Crippen molar-refractivity contribution in [3.05, 3.63) is 105 Å². The minimum atomic E-state index is -1.39. The molecule has 7 heterocycles. The highest BCUT2D eigenvalue weighted by atomic mass is 32.2. The number of fused-ring (bicyclic) bond motifs is 9. The smallest absolute Gasteiger partial charge is 0.336 e. The molecule has 1 unspecified atom stereocenters. The van der Waals surface area contributed by atoms with E-state index < -0.39 is 53.1 Å². The SMILES string of the molecule is COc1cc2c(cc1O)CCN[C@]21CS[C@@H]2c3c(OC(=O)C=Cc4ccccc4)c(C)c4c(c3[C@H](COC1=O)N1C2[C@@H]2N[C@@H](Cc3cc(C)c(OC)c(O)c32)[C@@H]1O)OCO4. The minimum absolute atomic E-state index is 0.00947. The van der Waals surface area contributed by atoms with Crippen LogP contribution in [0.3, 0.4) is 0 Å². The molecule has 0 amide bonds. The van der Waals surface area contributed by atoms with Crippen LogP contribution in [0.4, 0.5) is 0 Å². The number of thioether (sulfide) groups is 1. The number of phenolic OH excluding ortho intramolecular Hbond substituents is 2. The molecule has 60 heavy (non-hydrogen) atoms. The second-order valence-electron chi connectivity index (χ2n) is 16.1. The van der Waals surface area contributed by atoms with Crippen LogP contribution in [0.5, 0.6) is 40.2 Å². The molecule has 0 aromatic heterocycles. The Balaban J connectivity index is 1.20. The number of carbonyl (C=O) groups excluding carboxylic acids is 2. The van der Waals surface area contributed by atoms with Gasteiger partial charge in [0, 0.05) is 46.7 Å². The van der Waals surface area contributed by atoms with Gasteiger partial charge in [-0.15, -0.1) is 11.8 Å². The van der Waals surface area contributed by atoms with E-state index in [1.165, 1.54) is 32.1 Å². The summed E-state index contributed by atoms with van der Waals surface area (Å²) in [4.78, 5) is 30.7. The first kappa shape index (κ1) is 38.7. The average molecular weight is 836 g/mol. The predicted molar refractivity (Wildman–Crippen MR) is 220 cm³/mol. The van der Waals surface area contributed by atoms with E-state index in [1.54, 1.807) is 18.2 Å². The van der Waals surface area contributed by atoms with Gasteiger partial charge in [-0.2, -0.15) is 0 Å². The molecule has 7 atom stereocenters. The van der Waals surface area contributed by atoms with Gasteiger partial charge in [-0.05, 0) is 72.7 Å². The van der Waals surface area contributed by atoms with Gasteiger partial charge in [0.15, 0.2) is 40.0 Å². The Kier molecular flexibility index (Phi) is 9.44. The second kappa shape index (κ2) is 14.6. The Morgan fingerprint density at radius 2 is 1.78 bits per heavy atom. The zero-order valence-electron chi connectivity index (χ0n) is 33.4. The van der Waals surface area contributed by atoms with Crippen molar-refractivity contribution in [3.8, 4) is 40.2 Å². The fourth-order valence-electron chi connectivity index (χ4n) is 10.3. The van der Waals surface area contributed by atoms with Gasteiger partial charge in [-0.1, -0.05) is 36.4 Å². The number of rotatable bonds is 5. The number of benzene rings is 4. The molecule has 1 spiro atoms. The molecule has 2 saturated heterocycles. The third-order valence-corrected chi connectivity index (χ3v) is 14.4. The molecule has 0 radical (unpaired) electrons. The molecule has 5 N–H and O–H groups in total. The van der Waals surface area contributed by atoms with Crippen LogP contribution in [0, 0.1) is 13.8 Å². The highest BCUT2D eigenvalue weighted by molar-refractivity contribution is 7.99. The first-order valence-electron chi connectivity index (χ1n) is 20.0. The van der Waals surface area contributed by atoms with Crippen LogP contribution in [0.2, 0.25) is 0 Å². The Morgan fingerprint density at radius 1 is 0.983 bits per heavy atom. The number of esters is 2. The molecule has 2 fully saturated rings. The van der Waals surface area contributed by atoms with Crippen molar-refractivity contribution in [2.75, 3.05) is 39.9 Å². The van der Waals surface area contributed by atoms with Crippen molar-refractivity contribution >= 4 is 29.8 Å². The quantitative estimate of drug-likeness (QED) is 0.106. The summed E-state index contributed by atoms with van der Waals surface area (Å²) in [6.07, 6.45) is 2.94. The number of hydrogen-bond acceptors (Lipinski definition) is 15. The number of carbonyl (C=O) groups is 2. The molecule has 7 aliphatic heterocycles. The van der Waals surface area contributed by atoms with Gasteiger partial charge in [-0.25, -0.2) is 9.59 Å². The molecule has 14 nitrogen and oxygen atoms in total. The van der Waals surface area contributed by atoms with Crippen LogP contribution in [0.15, 0.2) is 54.6 Å². The van der Waals surface area contributed by atoms with Crippen LogP contribution in [-0.4, -0.2) is 90.4 Å². The van der Waals surface area contributed by atoms with Crippen molar-refractivity contribution in [1.82, 2.24) is 15.5 Å². The summed E-state index contributed by atoms with van der Waals surface area (Å²) in [7, 11) is 2.99.